The maximum Gasteiger partial charge on any atom is 0.437 e. The summed E-state index contributed by atoms with van der Waals surface area (Å²) in [6.07, 6.45) is -5.30. The average molecular weight is 499 g/mol. The number of ketones is 1. The Kier molecular flexibility index (Phi) is 6.77. The van der Waals surface area contributed by atoms with E-state index in [0.717, 1.165) is 17.5 Å². The second-order valence-corrected chi connectivity index (χ2v) is 8.67. The number of aliphatic hydroxyl groups is 1. The molecule has 0 aliphatic carbocycles. The maximum atomic E-state index is 14.4. The van der Waals surface area contributed by atoms with Crippen LogP contribution in [0, 0.1) is 5.92 Å². The van der Waals surface area contributed by atoms with Crippen molar-refractivity contribution < 1.29 is 32.6 Å². The van der Waals surface area contributed by atoms with Crippen molar-refractivity contribution in [1.29, 1.82) is 0 Å². The Morgan fingerprint density at radius 2 is 1.50 bits per heavy atom. The van der Waals surface area contributed by atoms with Crippen LogP contribution in [-0.2, 0) is 6.61 Å². The van der Waals surface area contributed by atoms with E-state index in [4.69, 9.17) is 4.74 Å². The molecule has 0 aromatic heterocycles. The lowest BCUT2D eigenvalue weighted by Gasteiger charge is -2.53. The Morgan fingerprint density at radius 1 is 0.944 bits per heavy atom. The Hall–Kier alpha value is -3.85. The van der Waals surface area contributed by atoms with Gasteiger partial charge < -0.3 is 14.7 Å². The second-order valence-electron chi connectivity index (χ2n) is 8.67. The van der Waals surface area contributed by atoms with Crippen molar-refractivity contribution in [1.82, 2.24) is 9.80 Å². The first-order chi connectivity index (χ1) is 17.1. The summed E-state index contributed by atoms with van der Waals surface area (Å²) < 4.78 is 48.9. The van der Waals surface area contributed by atoms with Gasteiger partial charge in [0.05, 0.1) is 6.04 Å². The minimum Gasteiger partial charge on any atom is -0.489 e. The quantitative estimate of drug-likeness (QED) is 0.483. The highest BCUT2D eigenvalue weighted by molar-refractivity contribution is 6.00. The van der Waals surface area contributed by atoms with Gasteiger partial charge in [-0.2, -0.15) is 13.2 Å². The molecule has 9 heteroatoms. The summed E-state index contributed by atoms with van der Waals surface area (Å²) >= 11 is 0. The standard InChI is InChI=1S/C27H25F3N2O4/c1-31-23(19-13-15-21(16-14-19)36-17-18-9-5-3-6-10-18)22(24(33)20-11-7-4-8-12-20)26(35,27(28,29)30)32(2)25(31)34/h3-16,22-23,35H,17H2,1-2H3. The van der Waals surface area contributed by atoms with Gasteiger partial charge in [0.1, 0.15) is 18.3 Å². The van der Waals surface area contributed by atoms with E-state index in [1.54, 1.807) is 18.2 Å². The summed E-state index contributed by atoms with van der Waals surface area (Å²) in [7, 11) is 2.15. The van der Waals surface area contributed by atoms with Crippen molar-refractivity contribution in [3.8, 4) is 5.75 Å². The van der Waals surface area contributed by atoms with Crippen LogP contribution >= 0.6 is 0 Å². The Morgan fingerprint density at radius 3 is 2.06 bits per heavy atom. The Bertz CT molecular complexity index is 1220. The molecule has 2 amide bonds. The molecule has 1 heterocycles. The van der Waals surface area contributed by atoms with Crippen LogP contribution in [-0.4, -0.2) is 52.7 Å². The van der Waals surface area contributed by atoms with Crippen LogP contribution in [0.1, 0.15) is 27.5 Å². The summed E-state index contributed by atoms with van der Waals surface area (Å²) in [5.41, 5.74) is -2.54. The lowest BCUT2D eigenvalue weighted by molar-refractivity contribution is -0.328. The number of amides is 2. The van der Waals surface area contributed by atoms with E-state index in [-0.39, 0.29) is 22.6 Å². The molecule has 1 saturated heterocycles. The molecule has 3 unspecified atom stereocenters. The van der Waals surface area contributed by atoms with Gasteiger partial charge in [0.15, 0.2) is 5.78 Å². The van der Waals surface area contributed by atoms with Crippen molar-refractivity contribution in [2.24, 2.45) is 5.92 Å². The summed E-state index contributed by atoms with van der Waals surface area (Å²) in [4.78, 5) is 27.6. The molecule has 3 atom stereocenters. The van der Waals surface area contributed by atoms with Crippen LogP contribution in [0.2, 0.25) is 0 Å². The number of urea groups is 1. The highest BCUT2D eigenvalue weighted by Crippen LogP contribution is 2.50. The monoisotopic (exact) mass is 498 g/mol. The molecule has 1 aliphatic heterocycles. The highest BCUT2D eigenvalue weighted by Gasteiger charge is 2.70. The molecular formula is C27H25F3N2O4. The zero-order chi connectivity index (χ0) is 26.1. The lowest BCUT2D eigenvalue weighted by Crippen LogP contribution is -2.73. The molecule has 0 bridgehead atoms. The molecule has 36 heavy (non-hydrogen) atoms. The molecule has 0 spiro atoms. The summed E-state index contributed by atoms with van der Waals surface area (Å²) in [5, 5.41) is 11.1. The van der Waals surface area contributed by atoms with Crippen molar-refractivity contribution in [3.63, 3.8) is 0 Å². The number of rotatable bonds is 6. The van der Waals surface area contributed by atoms with Gasteiger partial charge in [0.2, 0.25) is 0 Å². The molecule has 0 radical (unpaired) electrons. The van der Waals surface area contributed by atoms with E-state index in [9.17, 15) is 27.9 Å². The van der Waals surface area contributed by atoms with E-state index in [1.807, 2.05) is 30.3 Å². The Labute approximate surface area is 206 Å². The SMILES string of the molecule is CN1C(=O)N(C)C(O)(C(F)(F)F)C(C(=O)c2ccccc2)C1c1ccc(OCc2ccccc2)cc1. The molecule has 0 saturated carbocycles. The smallest absolute Gasteiger partial charge is 0.437 e. The number of halogens is 3. The van der Waals surface area contributed by atoms with E-state index in [1.165, 1.54) is 43.4 Å². The number of nitrogens with zero attached hydrogens (tertiary/aromatic N) is 2. The van der Waals surface area contributed by atoms with Gasteiger partial charge in [-0.05, 0) is 23.3 Å². The predicted octanol–water partition coefficient (Wildman–Crippen LogP) is 5.05. The minimum absolute atomic E-state index is 0.00543. The fourth-order valence-corrected chi connectivity index (χ4v) is 4.55. The van der Waals surface area contributed by atoms with Gasteiger partial charge in [-0.25, -0.2) is 4.79 Å². The second kappa shape index (κ2) is 9.66. The van der Waals surface area contributed by atoms with Crippen molar-refractivity contribution >= 4 is 11.8 Å². The number of benzene rings is 3. The highest BCUT2D eigenvalue weighted by atomic mass is 19.4. The van der Waals surface area contributed by atoms with E-state index < -0.39 is 35.7 Å². The van der Waals surface area contributed by atoms with E-state index in [0.29, 0.717) is 5.75 Å². The average Bonchev–Trinajstić information content (AvgIpc) is 2.88. The van der Waals surface area contributed by atoms with E-state index in [2.05, 4.69) is 0 Å². The van der Waals surface area contributed by atoms with Crippen LogP contribution < -0.4 is 4.74 Å². The van der Waals surface area contributed by atoms with Crippen LogP contribution in [0.25, 0.3) is 0 Å². The molecule has 6 nitrogen and oxygen atoms in total. The van der Waals surface area contributed by atoms with E-state index >= 15 is 0 Å². The fraction of sp³-hybridized carbons (Fsp3) is 0.259. The van der Waals surface area contributed by atoms with Crippen LogP contribution in [0.5, 0.6) is 5.75 Å². The van der Waals surface area contributed by atoms with Gasteiger partial charge in [-0.1, -0.05) is 72.8 Å². The largest absolute Gasteiger partial charge is 0.489 e. The zero-order valence-electron chi connectivity index (χ0n) is 19.6. The topological polar surface area (TPSA) is 70.1 Å². The Balaban J connectivity index is 1.74. The first kappa shape index (κ1) is 25.2. The first-order valence-electron chi connectivity index (χ1n) is 11.2. The van der Waals surface area contributed by atoms with Crippen LogP contribution in [0.3, 0.4) is 0 Å². The molecule has 3 aromatic carbocycles. The van der Waals surface area contributed by atoms with Crippen molar-refractivity contribution in [3.05, 3.63) is 102 Å². The third-order valence-electron chi connectivity index (χ3n) is 6.49. The maximum absolute atomic E-state index is 14.4. The number of hydrogen-bond donors (Lipinski definition) is 1. The summed E-state index contributed by atoms with van der Waals surface area (Å²) in [6.45, 7) is 0.287. The van der Waals surface area contributed by atoms with Gasteiger partial charge in [0.25, 0.3) is 5.72 Å². The molecular weight excluding hydrogens is 473 g/mol. The summed E-state index contributed by atoms with van der Waals surface area (Å²) in [6, 6.07) is 20.5. The van der Waals surface area contributed by atoms with Gasteiger partial charge in [-0.15, -0.1) is 0 Å². The lowest BCUT2D eigenvalue weighted by atomic mass is 9.75. The van der Waals surface area contributed by atoms with Crippen LogP contribution in [0.4, 0.5) is 18.0 Å². The predicted molar refractivity (Wildman–Crippen MR) is 126 cm³/mol. The molecule has 1 fully saturated rings. The number of alkyl halides is 3. The third kappa shape index (κ3) is 4.42. The molecule has 4 rings (SSSR count). The van der Waals surface area contributed by atoms with Crippen LogP contribution in [0.15, 0.2) is 84.9 Å². The van der Waals surface area contributed by atoms with Crippen molar-refractivity contribution in [2.45, 2.75) is 24.6 Å². The summed E-state index contributed by atoms with van der Waals surface area (Å²) in [5.74, 6) is -2.53. The number of ether oxygens (including phenoxy) is 1. The molecule has 188 valence electrons. The van der Waals surface area contributed by atoms with Gasteiger partial charge in [0, 0.05) is 19.7 Å². The normalized spacial score (nSPS) is 22.4. The molecule has 3 aromatic rings. The number of Topliss-reactive ketones (excluding diaryl/α,β-unsaturated/α-hetero) is 1. The van der Waals surface area contributed by atoms with Gasteiger partial charge in [-0.3, -0.25) is 9.69 Å². The minimum atomic E-state index is -5.30. The first-order valence-corrected chi connectivity index (χ1v) is 11.2. The molecule has 1 N–H and O–H groups in total. The third-order valence-corrected chi connectivity index (χ3v) is 6.49. The van der Waals surface area contributed by atoms with Gasteiger partial charge >= 0.3 is 12.2 Å². The number of carbonyl (C=O) groups excluding carboxylic acids is 2. The molecule has 1 aliphatic rings. The zero-order valence-corrected chi connectivity index (χ0v) is 19.6. The number of carbonyl (C=O) groups is 2. The number of hydrogen-bond acceptors (Lipinski definition) is 4. The fourth-order valence-electron chi connectivity index (χ4n) is 4.55. The van der Waals surface area contributed by atoms with Crippen molar-refractivity contribution in [2.75, 3.05) is 14.1 Å².